The van der Waals surface area contributed by atoms with Crippen molar-refractivity contribution in [2.24, 2.45) is 0 Å². The summed E-state index contributed by atoms with van der Waals surface area (Å²) < 4.78 is 13.6. The highest BCUT2D eigenvalue weighted by molar-refractivity contribution is 6.30. The van der Waals surface area contributed by atoms with Crippen LogP contribution in [0.5, 0.6) is 0 Å². The maximum absolute atomic E-state index is 13.6. The van der Waals surface area contributed by atoms with Gasteiger partial charge in [-0.05, 0) is 17.2 Å². The summed E-state index contributed by atoms with van der Waals surface area (Å²) in [7, 11) is 0. The fraction of sp³-hybridized carbons (Fsp3) is 0.0769. The third kappa shape index (κ3) is 2.37. The van der Waals surface area contributed by atoms with Crippen molar-refractivity contribution >= 4 is 11.6 Å². The van der Waals surface area contributed by atoms with Crippen LogP contribution in [0.4, 0.5) is 4.39 Å². The molecule has 0 nitrogen and oxygen atoms in total. The van der Waals surface area contributed by atoms with E-state index in [1.54, 1.807) is 18.2 Å². The van der Waals surface area contributed by atoms with Crippen molar-refractivity contribution in [3.63, 3.8) is 0 Å². The molecule has 0 radical (unpaired) electrons. The molecule has 0 aliphatic heterocycles. The predicted molar refractivity (Wildman–Crippen MR) is 60.7 cm³/mol. The molecule has 0 atom stereocenters. The lowest BCUT2D eigenvalue weighted by Gasteiger charge is -2.04. The highest BCUT2D eigenvalue weighted by atomic mass is 35.5. The van der Waals surface area contributed by atoms with Crippen LogP contribution in [0.1, 0.15) is 11.1 Å². The van der Waals surface area contributed by atoms with Gasteiger partial charge < -0.3 is 0 Å². The summed E-state index contributed by atoms with van der Waals surface area (Å²) in [6.07, 6.45) is 0.577. The first-order chi connectivity index (χ1) is 7.27. The van der Waals surface area contributed by atoms with Gasteiger partial charge >= 0.3 is 0 Å². The number of rotatable bonds is 2. The van der Waals surface area contributed by atoms with Gasteiger partial charge in [-0.3, -0.25) is 0 Å². The third-order valence-corrected chi connectivity index (χ3v) is 2.56. The molecule has 0 N–H and O–H groups in total. The van der Waals surface area contributed by atoms with Gasteiger partial charge in [-0.1, -0.05) is 54.1 Å². The zero-order valence-electron chi connectivity index (χ0n) is 8.08. The maximum atomic E-state index is 13.6. The summed E-state index contributed by atoms with van der Waals surface area (Å²) in [6.45, 7) is 0. The summed E-state index contributed by atoms with van der Waals surface area (Å²) in [4.78, 5) is 0. The second-order valence-electron chi connectivity index (χ2n) is 3.38. The molecule has 0 amide bonds. The number of hydrogen-bond acceptors (Lipinski definition) is 0. The fourth-order valence-electron chi connectivity index (χ4n) is 1.50. The van der Waals surface area contributed by atoms with Gasteiger partial charge in [0.2, 0.25) is 0 Å². The molecule has 0 aliphatic rings. The fourth-order valence-corrected chi connectivity index (χ4v) is 1.69. The van der Waals surface area contributed by atoms with Crippen LogP contribution in [-0.4, -0.2) is 0 Å². The van der Waals surface area contributed by atoms with Crippen LogP contribution < -0.4 is 0 Å². The summed E-state index contributed by atoms with van der Waals surface area (Å²) in [5.74, 6) is -0.317. The molecule has 0 saturated carbocycles. The van der Waals surface area contributed by atoms with E-state index < -0.39 is 0 Å². The van der Waals surface area contributed by atoms with E-state index in [0.717, 1.165) is 5.56 Å². The van der Waals surface area contributed by atoms with Gasteiger partial charge in [0.15, 0.2) is 0 Å². The summed E-state index contributed by atoms with van der Waals surface area (Å²) >= 11 is 5.71. The first kappa shape index (κ1) is 10.2. The van der Waals surface area contributed by atoms with Gasteiger partial charge in [0.25, 0.3) is 0 Å². The molecule has 0 fully saturated rings. The molecule has 2 rings (SSSR count). The SMILES string of the molecule is Fc1c(Cl)cccc1Cc1ccccc1. The largest absolute Gasteiger partial charge is 0.205 e. The lowest BCUT2D eigenvalue weighted by Crippen LogP contribution is -1.92. The minimum absolute atomic E-state index is 0.184. The van der Waals surface area contributed by atoms with E-state index in [-0.39, 0.29) is 10.8 Å². The molecule has 2 heteroatoms. The quantitative estimate of drug-likeness (QED) is 0.716. The van der Waals surface area contributed by atoms with Gasteiger partial charge in [-0.15, -0.1) is 0 Å². The average Bonchev–Trinajstić information content (AvgIpc) is 2.26. The molecule has 0 saturated heterocycles. The molecule has 2 aromatic rings. The molecule has 0 heterocycles. The van der Waals surface area contributed by atoms with Gasteiger partial charge in [-0.2, -0.15) is 0 Å². The normalized spacial score (nSPS) is 10.3. The van der Waals surface area contributed by atoms with Crippen LogP contribution >= 0.6 is 11.6 Å². The molecule has 0 aromatic heterocycles. The van der Waals surface area contributed by atoms with Gasteiger partial charge in [0.05, 0.1) is 5.02 Å². The highest BCUT2D eigenvalue weighted by Crippen LogP contribution is 2.20. The molecular weight excluding hydrogens is 211 g/mol. The van der Waals surface area contributed by atoms with Crippen molar-refractivity contribution < 1.29 is 4.39 Å². The number of hydrogen-bond donors (Lipinski definition) is 0. The number of halogens is 2. The summed E-state index contributed by atoms with van der Waals surface area (Å²) in [5.41, 5.74) is 1.72. The van der Waals surface area contributed by atoms with Gasteiger partial charge in [0, 0.05) is 6.42 Å². The molecule has 2 aromatic carbocycles. The average molecular weight is 221 g/mol. The van der Waals surface area contributed by atoms with Crippen molar-refractivity contribution in [2.75, 3.05) is 0 Å². The minimum Gasteiger partial charge on any atom is -0.205 e. The molecule has 76 valence electrons. The zero-order valence-corrected chi connectivity index (χ0v) is 8.84. The number of benzene rings is 2. The first-order valence-electron chi connectivity index (χ1n) is 4.74. The first-order valence-corrected chi connectivity index (χ1v) is 5.12. The second-order valence-corrected chi connectivity index (χ2v) is 3.78. The highest BCUT2D eigenvalue weighted by Gasteiger charge is 2.06. The molecule has 0 bridgehead atoms. The maximum Gasteiger partial charge on any atom is 0.145 e. The Balaban J connectivity index is 2.29. The molecule has 0 aliphatic carbocycles. The van der Waals surface area contributed by atoms with Crippen molar-refractivity contribution in [3.8, 4) is 0 Å². The van der Waals surface area contributed by atoms with E-state index in [1.165, 1.54) is 0 Å². The zero-order chi connectivity index (χ0) is 10.7. The molecule has 15 heavy (non-hydrogen) atoms. The van der Waals surface area contributed by atoms with Crippen LogP contribution in [-0.2, 0) is 6.42 Å². The van der Waals surface area contributed by atoms with Crippen LogP contribution in [0.3, 0.4) is 0 Å². The Morgan fingerprint density at radius 1 is 0.933 bits per heavy atom. The molecule has 0 unspecified atom stereocenters. The van der Waals surface area contributed by atoms with Crippen molar-refractivity contribution in [3.05, 3.63) is 70.5 Å². The topological polar surface area (TPSA) is 0 Å². The molecular formula is C13H10ClF. The van der Waals surface area contributed by atoms with Crippen molar-refractivity contribution in [1.29, 1.82) is 0 Å². The smallest absolute Gasteiger partial charge is 0.145 e. The predicted octanol–water partition coefficient (Wildman–Crippen LogP) is 4.07. The summed E-state index contributed by atoms with van der Waals surface area (Å²) in [5, 5.41) is 0.184. The van der Waals surface area contributed by atoms with Gasteiger partial charge in [-0.25, -0.2) is 4.39 Å². The Bertz CT molecular complexity index is 451. The van der Waals surface area contributed by atoms with Crippen LogP contribution in [0, 0.1) is 5.82 Å². The summed E-state index contributed by atoms with van der Waals surface area (Å²) in [6, 6.07) is 14.9. The lowest BCUT2D eigenvalue weighted by atomic mass is 10.0. The van der Waals surface area contributed by atoms with E-state index >= 15 is 0 Å². The lowest BCUT2D eigenvalue weighted by molar-refractivity contribution is 0.614. The Morgan fingerprint density at radius 3 is 2.40 bits per heavy atom. The van der Waals surface area contributed by atoms with E-state index in [0.29, 0.717) is 12.0 Å². The van der Waals surface area contributed by atoms with E-state index in [9.17, 15) is 4.39 Å². The standard InChI is InChI=1S/C13H10ClF/c14-12-8-4-7-11(13(12)15)9-10-5-2-1-3-6-10/h1-8H,9H2. The van der Waals surface area contributed by atoms with Crippen LogP contribution in [0.25, 0.3) is 0 Å². The van der Waals surface area contributed by atoms with Gasteiger partial charge in [0.1, 0.15) is 5.82 Å². The Kier molecular flexibility index (Phi) is 3.02. The van der Waals surface area contributed by atoms with E-state index in [1.807, 2.05) is 30.3 Å². The van der Waals surface area contributed by atoms with Crippen molar-refractivity contribution in [1.82, 2.24) is 0 Å². The van der Waals surface area contributed by atoms with E-state index in [2.05, 4.69) is 0 Å². The minimum atomic E-state index is -0.317. The third-order valence-electron chi connectivity index (χ3n) is 2.27. The Hall–Kier alpha value is -1.34. The van der Waals surface area contributed by atoms with E-state index in [4.69, 9.17) is 11.6 Å². The Morgan fingerprint density at radius 2 is 1.67 bits per heavy atom. The molecule has 0 spiro atoms. The monoisotopic (exact) mass is 220 g/mol. The van der Waals surface area contributed by atoms with Crippen LogP contribution in [0.2, 0.25) is 5.02 Å². The van der Waals surface area contributed by atoms with Crippen molar-refractivity contribution in [2.45, 2.75) is 6.42 Å². The van der Waals surface area contributed by atoms with Crippen LogP contribution in [0.15, 0.2) is 48.5 Å². The Labute approximate surface area is 93.3 Å². The second kappa shape index (κ2) is 4.45.